The van der Waals surface area contributed by atoms with E-state index in [2.05, 4.69) is 13.8 Å². The number of carboxylic acid groups (broad SMARTS) is 1. The van der Waals surface area contributed by atoms with Crippen LogP contribution in [-0.4, -0.2) is 11.1 Å². The first kappa shape index (κ1) is 17.2. The van der Waals surface area contributed by atoms with Crippen molar-refractivity contribution in [3.05, 3.63) is 12.2 Å². The van der Waals surface area contributed by atoms with Crippen LogP contribution < -0.4 is 0 Å². The van der Waals surface area contributed by atoms with E-state index in [1.807, 2.05) is 6.08 Å². The van der Waals surface area contributed by atoms with Crippen molar-refractivity contribution in [1.82, 2.24) is 0 Å². The van der Waals surface area contributed by atoms with E-state index in [0.29, 0.717) is 5.92 Å². The molecular weight excluding hydrogens is 224 g/mol. The average molecular weight is 254 g/mol. The summed E-state index contributed by atoms with van der Waals surface area (Å²) < 4.78 is 0. The highest BCUT2D eigenvalue weighted by molar-refractivity contribution is 5.79. The third kappa shape index (κ3) is 11.7. The Bertz CT molecular complexity index is 209. The lowest BCUT2D eigenvalue weighted by atomic mass is 9.94. The number of unbranched alkanes of at least 4 members (excludes halogenated alkanes) is 6. The lowest BCUT2D eigenvalue weighted by Crippen LogP contribution is -1.99. The molecule has 0 aromatic heterocycles. The van der Waals surface area contributed by atoms with E-state index in [0.717, 1.165) is 12.8 Å². The fourth-order valence-electron chi connectivity index (χ4n) is 2.22. The Morgan fingerprint density at radius 1 is 0.944 bits per heavy atom. The number of carbonyl (C=O) groups is 1. The van der Waals surface area contributed by atoms with Crippen molar-refractivity contribution in [2.45, 2.75) is 78.1 Å². The fourth-order valence-corrected chi connectivity index (χ4v) is 2.22. The summed E-state index contributed by atoms with van der Waals surface area (Å²) >= 11 is 0. The number of aliphatic carboxylic acids is 1. The number of rotatable bonds is 12. The van der Waals surface area contributed by atoms with E-state index in [1.165, 1.54) is 57.4 Å². The highest BCUT2D eigenvalue weighted by Crippen LogP contribution is 2.19. The molecule has 0 bridgehead atoms. The van der Waals surface area contributed by atoms with Crippen molar-refractivity contribution in [1.29, 1.82) is 0 Å². The lowest BCUT2D eigenvalue weighted by molar-refractivity contribution is -0.131. The number of hydrogen-bond acceptors (Lipinski definition) is 1. The summed E-state index contributed by atoms with van der Waals surface area (Å²) in [5.41, 5.74) is 0. The SMILES string of the molecule is CCCCCCC(/C=C/C(=O)O)CCCCCC. The predicted molar refractivity (Wildman–Crippen MR) is 77.8 cm³/mol. The molecule has 2 nitrogen and oxygen atoms in total. The predicted octanol–water partition coefficient (Wildman–Crippen LogP) is 5.18. The Kier molecular flexibility index (Phi) is 12.1. The maximum atomic E-state index is 10.6. The maximum Gasteiger partial charge on any atom is 0.327 e. The Morgan fingerprint density at radius 3 is 1.83 bits per heavy atom. The number of hydrogen-bond donors (Lipinski definition) is 1. The molecule has 0 aliphatic carbocycles. The molecule has 0 saturated heterocycles. The third-order valence-corrected chi connectivity index (χ3v) is 3.37. The van der Waals surface area contributed by atoms with Gasteiger partial charge in [0.1, 0.15) is 0 Å². The van der Waals surface area contributed by atoms with Crippen molar-refractivity contribution < 1.29 is 9.90 Å². The second-order valence-corrected chi connectivity index (χ2v) is 5.16. The summed E-state index contributed by atoms with van der Waals surface area (Å²) in [7, 11) is 0. The summed E-state index contributed by atoms with van der Waals surface area (Å²) in [5.74, 6) is -0.350. The monoisotopic (exact) mass is 254 g/mol. The van der Waals surface area contributed by atoms with Gasteiger partial charge in [-0.3, -0.25) is 0 Å². The molecule has 0 aliphatic rings. The first-order valence-corrected chi connectivity index (χ1v) is 7.61. The molecule has 0 unspecified atom stereocenters. The van der Waals surface area contributed by atoms with Crippen LogP contribution >= 0.6 is 0 Å². The van der Waals surface area contributed by atoms with Crippen LogP contribution in [0, 0.1) is 5.92 Å². The Hall–Kier alpha value is -0.790. The molecule has 0 spiro atoms. The smallest absolute Gasteiger partial charge is 0.327 e. The van der Waals surface area contributed by atoms with Gasteiger partial charge in [-0.05, 0) is 18.8 Å². The molecule has 18 heavy (non-hydrogen) atoms. The zero-order chi connectivity index (χ0) is 13.6. The molecule has 0 aromatic rings. The molecule has 1 N–H and O–H groups in total. The van der Waals surface area contributed by atoms with E-state index in [1.54, 1.807) is 0 Å². The Labute approximate surface area is 112 Å². The summed E-state index contributed by atoms with van der Waals surface area (Å²) in [6.45, 7) is 4.43. The number of allylic oxidation sites excluding steroid dienone is 1. The van der Waals surface area contributed by atoms with Crippen LogP contribution in [0.1, 0.15) is 78.1 Å². The van der Waals surface area contributed by atoms with Gasteiger partial charge in [-0.1, -0.05) is 71.3 Å². The van der Waals surface area contributed by atoms with Gasteiger partial charge in [-0.15, -0.1) is 0 Å². The summed E-state index contributed by atoms with van der Waals surface area (Å²) in [6, 6.07) is 0. The molecule has 0 heterocycles. The van der Waals surface area contributed by atoms with Crippen LogP contribution in [0.25, 0.3) is 0 Å². The largest absolute Gasteiger partial charge is 0.478 e. The van der Waals surface area contributed by atoms with Gasteiger partial charge >= 0.3 is 5.97 Å². The first-order valence-electron chi connectivity index (χ1n) is 7.61. The molecule has 0 rings (SSSR count). The van der Waals surface area contributed by atoms with E-state index >= 15 is 0 Å². The molecule has 106 valence electrons. The van der Waals surface area contributed by atoms with Gasteiger partial charge in [0, 0.05) is 6.08 Å². The van der Waals surface area contributed by atoms with E-state index in [-0.39, 0.29) is 0 Å². The standard InChI is InChI=1S/C16H30O2/c1-3-5-7-9-11-15(13-14-16(17)18)12-10-8-6-4-2/h13-15H,3-12H2,1-2H3,(H,17,18)/b14-13+. The molecule has 0 aromatic carbocycles. The molecular formula is C16H30O2. The van der Waals surface area contributed by atoms with Crippen molar-refractivity contribution in [3.8, 4) is 0 Å². The molecule has 0 radical (unpaired) electrons. The van der Waals surface area contributed by atoms with Gasteiger partial charge in [-0.2, -0.15) is 0 Å². The van der Waals surface area contributed by atoms with Crippen LogP contribution in [0.15, 0.2) is 12.2 Å². The topological polar surface area (TPSA) is 37.3 Å². The highest BCUT2D eigenvalue weighted by Gasteiger charge is 2.05. The van der Waals surface area contributed by atoms with Crippen molar-refractivity contribution in [2.75, 3.05) is 0 Å². The second-order valence-electron chi connectivity index (χ2n) is 5.16. The van der Waals surface area contributed by atoms with Crippen LogP contribution in [0.2, 0.25) is 0 Å². The molecule has 0 saturated carbocycles. The van der Waals surface area contributed by atoms with Crippen LogP contribution in [0.3, 0.4) is 0 Å². The van der Waals surface area contributed by atoms with Gasteiger partial charge in [0.2, 0.25) is 0 Å². The lowest BCUT2D eigenvalue weighted by Gasteiger charge is -2.12. The zero-order valence-electron chi connectivity index (χ0n) is 12.2. The van der Waals surface area contributed by atoms with Gasteiger partial charge in [0.15, 0.2) is 0 Å². The first-order chi connectivity index (χ1) is 8.70. The quantitative estimate of drug-likeness (QED) is 0.384. The van der Waals surface area contributed by atoms with Crippen molar-refractivity contribution >= 4 is 5.97 Å². The summed E-state index contributed by atoms with van der Waals surface area (Å²) in [6.07, 6.45) is 15.7. The van der Waals surface area contributed by atoms with E-state index in [4.69, 9.17) is 5.11 Å². The van der Waals surface area contributed by atoms with Crippen molar-refractivity contribution in [3.63, 3.8) is 0 Å². The molecule has 0 aliphatic heterocycles. The van der Waals surface area contributed by atoms with Gasteiger partial charge in [0.05, 0.1) is 0 Å². The van der Waals surface area contributed by atoms with Crippen LogP contribution in [0.4, 0.5) is 0 Å². The number of carboxylic acids is 1. The Morgan fingerprint density at radius 2 is 1.44 bits per heavy atom. The molecule has 2 heteroatoms. The Balaban J connectivity index is 3.88. The zero-order valence-corrected chi connectivity index (χ0v) is 12.2. The average Bonchev–Trinajstić information content (AvgIpc) is 2.35. The minimum Gasteiger partial charge on any atom is -0.478 e. The van der Waals surface area contributed by atoms with Gasteiger partial charge in [-0.25, -0.2) is 4.79 Å². The second kappa shape index (κ2) is 12.7. The minimum absolute atomic E-state index is 0.467. The van der Waals surface area contributed by atoms with E-state index < -0.39 is 5.97 Å². The highest BCUT2D eigenvalue weighted by atomic mass is 16.4. The maximum absolute atomic E-state index is 10.6. The van der Waals surface area contributed by atoms with E-state index in [9.17, 15) is 4.79 Å². The summed E-state index contributed by atoms with van der Waals surface area (Å²) in [4.78, 5) is 10.6. The minimum atomic E-state index is -0.817. The molecule has 0 atom stereocenters. The van der Waals surface area contributed by atoms with Crippen molar-refractivity contribution in [2.24, 2.45) is 5.92 Å². The fraction of sp³-hybridized carbons (Fsp3) is 0.812. The molecule has 0 amide bonds. The van der Waals surface area contributed by atoms with Crippen LogP contribution in [0.5, 0.6) is 0 Å². The van der Waals surface area contributed by atoms with Crippen LogP contribution in [-0.2, 0) is 4.79 Å². The molecule has 0 fully saturated rings. The third-order valence-electron chi connectivity index (χ3n) is 3.37. The van der Waals surface area contributed by atoms with Gasteiger partial charge < -0.3 is 5.11 Å². The normalized spacial score (nSPS) is 11.5. The van der Waals surface area contributed by atoms with Gasteiger partial charge in [0.25, 0.3) is 0 Å². The summed E-state index contributed by atoms with van der Waals surface area (Å²) in [5, 5.41) is 8.69.